The molecule has 1 saturated carbocycles. The number of benzene rings is 2. The molecule has 0 aliphatic heterocycles. The zero-order valence-electron chi connectivity index (χ0n) is 18.7. The van der Waals surface area contributed by atoms with Crippen LogP contribution in [0.3, 0.4) is 0 Å². The number of carboxylic acids is 1. The summed E-state index contributed by atoms with van der Waals surface area (Å²) >= 11 is 0. The van der Waals surface area contributed by atoms with Gasteiger partial charge < -0.3 is 30.7 Å². The number of hydrazine groups is 1. The van der Waals surface area contributed by atoms with Crippen molar-refractivity contribution in [3.8, 4) is 34.0 Å². The van der Waals surface area contributed by atoms with Crippen molar-refractivity contribution in [2.24, 2.45) is 5.84 Å². The van der Waals surface area contributed by atoms with E-state index in [4.69, 9.17) is 26.2 Å². The maximum atomic E-state index is 12.3. The van der Waals surface area contributed by atoms with Gasteiger partial charge in [-0.1, -0.05) is 18.2 Å². The molecule has 1 aromatic heterocycles. The van der Waals surface area contributed by atoms with E-state index >= 15 is 0 Å². The quantitative estimate of drug-likeness (QED) is 0.248. The Morgan fingerprint density at radius 1 is 1.21 bits per heavy atom. The van der Waals surface area contributed by atoms with Gasteiger partial charge >= 0.3 is 5.97 Å². The molecule has 0 saturated heterocycles. The highest BCUT2D eigenvalue weighted by Gasteiger charge is 2.21. The highest BCUT2D eigenvalue weighted by molar-refractivity contribution is 5.76. The fourth-order valence-corrected chi connectivity index (χ4v) is 3.90. The molecule has 0 bridgehead atoms. The van der Waals surface area contributed by atoms with E-state index in [1.165, 1.54) is 6.92 Å². The Morgan fingerprint density at radius 3 is 2.65 bits per heavy atom. The number of ether oxygens (including phenoxy) is 2. The van der Waals surface area contributed by atoms with Gasteiger partial charge in [-0.25, -0.2) is 15.6 Å². The smallest absolute Gasteiger partial charge is 0.344 e. The summed E-state index contributed by atoms with van der Waals surface area (Å²) in [7, 11) is 0. The molecular weight excluding hydrogens is 438 g/mol. The van der Waals surface area contributed by atoms with Crippen molar-refractivity contribution in [3.63, 3.8) is 0 Å². The summed E-state index contributed by atoms with van der Waals surface area (Å²) in [5.74, 6) is 5.79. The Hall–Kier alpha value is -4.05. The molecular formula is C24H27N5O5. The number of anilines is 2. The summed E-state index contributed by atoms with van der Waals surface area (Å²) in [4.78, 5) is 30.5. The lowest BCUT2D eigenvalue weighted by Crippen LogP contribution is -2.22. The molecule has 1 aliphatic rings. The Morgan fingerprint density at radius 2 is 1.94 bits per heavy atom. The molecule has 0 radical (unpaired) electrons. The number of aliphatic carboxylic acids is 1. The summed E-state index contributed by atoms with van der Waals surface area (Å²) in [6.45, 7) is 1.47. The first-order valence-corrected chi connectivity index (χ1v) is 11.0. The number of hydrogen-bond donors (Lipinski definition) is 5. The number of carbonyl (C=O) groups is 1. The molecule has 1 unspecified atom stereocenters. The van der Waals surface area contributed by atoms with Gasteiger partial charge in [0.1, 0.15) is 23.0 Å². The molecule has 34 heavy (non-hydrogen) atoms. The van der Waals surface area contributed by atoms with Crippen LogP contribution in [-0.4, -0.2) is 33.3 Å². The van der Waals surface area contributed by atoms with E-state index in [1.54, 1.807) is 18.2 Å². The fraction of sp³-hybridized carbons (Fsp3) is 0.292. The first kappa shape index (κ1) is 23.1. The number of nitrogens with one attached hydrogen (secondary N) is 2. The van der Waals surface area contributed by atoms with Crippen molar-refractivity contribution in [2.75, 3.05) is 11.2 Å². The highest BCUT2D eigenvalue weighted by Crippen LogP contribution is 2.36. The van der Waals surface area contributed by atoms with Crippen molar-refractivity contribution >= 4 is 17.5 Å². The number of aromatic nitrogens is 2. The molecule has 1 aliphatic carbocycles. The van der Waals surface area contributed by atoms with E-state index in [0.717, 1.165) is 36.8 Å². The molecule has 10 nitrogen and oxygen atoms in total. The molecule has 0 amide bonds. The molecule has 7 N–H and O–H groups in total. The van der Waals surface area contributed by atoms with Crippen molar-refractivity contribution in [1.29, 1.82) is 0 Å². The first-order valence-electron chi connectivity index (χ1n) is 11.0. The standard InChI is InChI=1S/C24H27N5O5/c1-13(24(31)32)33-17-8-4-5-14(11-17)15-9-10-18(19(12-15)34-16-6-2-3-7-16)21-27-22(29-26)20(25)23(30)28-21/h4-5,8-13,16H,2-3,6-7,25-26H2,1H3,(H,31,32)(H2,27,28,29,30). The maximum absolute atomic E-state index is 12.3. The van der Waals surface area contributed by atoms with Crippen molar-refractivity contribution < 1.29 is 19.4 Å². The third-order valence-corrected chi connectivity index (χ3v) is 5.75. The molecule has 1 fully saturated rings. The van der Waals surface area contributed by atoms with Gasteiger partial charge in [-0.2, -0.15) is 0 Å². The van der Waals surface area contributed by atoms with E-state index in [9.17, 15) is 9.59 Å². The highest BCUT2D eigenvalue weighted by atomic mass is 16.5. The van der Waals surface area contributed by atoms with Gasteiger partial charge in [0.2, 0.25) is 0 Å². The average molecular weight is 466 g/mol. The first-order chi connectivity index (χ1) is 16.4. The molecule has 178 valence electrons. The Balaban J connectivity index is 1.75. The molecule has 1 atom stereocenters. The van der Waals surface area contributed by atoms with Gasteiger partial charge in [-0.15, -0.1) is 0 Å². The second-order valence-corrected chi connectivity index (χ2v) is 8.18. The normalized spacial score (nSPS) is 14.5. The van der Waals surface area contributed by atoms with E-state index in [1.807, 2.05) is 24.3 Å². The van der Waals surface area contributed by atoms with Crippen LogP contribution in [-0.2, 0) is 4.79 Å². The van der Waals surface area contributed by atoms with Gasteiger partial charge in [-0.05, 0) is 68.0 Å². The summed E-state index contributed by atoms with van der Waals surface area (Å²) < 4.78 is 11.8. The second-order valence-electron chi connectivity index (χ2n) is 8.18. The monoisotopic (exact) mass is 465 g/mol. The van der Waals surface area contributed by atoms with Gasteiger partial charge in [0.25, 0.3) is 5.56 Å². The van der Waals surface area contributed by atoms with E-state index in [-0.39, 0.29) is 23.4 Å². The zero-order valence-corrected chi connectivity index (χ0v) is 18.7. The molecule has 3 aromatic rings. The topological polar surface area (TPSA) is 166 Å². The number of H-pyrrole nitrogens is 1. The van der Waals surface area contributed by atoms with E-state index < -0.39 is 17.6 Å². The summed E-state index contributed by atoms with van der Waals surface area (Å²) in [6, 6.07) is 12.7. The number of nitrogens with two attached hydrogens (primary N) is 2. The van der Waals surface area contributed by atoms with E-state index in [0.29, 0.717) is 17.1 Å². The summed E-state index contributed by atoms with van der Waals surface area (Å²) in [6.07, 6.45) is 3.17. The fourth-order valence-electron chi connectivity index (χ4n) is 3.90. The summed E-state index contributed by atoms with van der Waals surface area (Å²) in [5, 5.41) is 9.12. The van der Waals surface area contributed by atoms with Gasteiger partial charge in [-0.3, -0.25) is 4.79 Å². The number of aromatic amines is 1. The SMILES string of the molecule is CC(Oc1cccc(-c2ccc(-c3nc(NN)c(N)c(=O)[nH]3)c(OC3CCCC3)c2)c1)C(=O)O. The van der Waals surface area contributed by atoms with Gasteiger partial charge in [0, 0.05) is 0 Å². The Labute approximate surface area is 195 Å². The lowest BCUT2D eigenvalue weighted by Gasteiger charge is -2.18. The molecule has 0 spiro atoms. The third-order valence-electron chi connectivity index (χ3n) is 5.75. The van der Waals surface area contributed by atoms with Crippen LogP contribution in [0.4, 0.5) is 11.5 Å². The second kappa shape index (κ2) is 9.84. The zero-order chi connectivity index (χ0) is 24.2. The van der Waals surface area contributed by atoms with Crippen LogP contribution < -0.4 is 32.0 Å². The van der Waals surface area contributed by atoms with Crippen LogP contribution in [0.5, 0.6) is 11.5 Å². The van der Waals surface area contributed by atoms with Crippen LogP contribution >= 0.6 is 0 Å². The molecule has 2 aromatic carbocycles. The van der Waals surface area contributed by atoms with Crippen LogP contribution in [0, 0.1) is 0 Å². The minimum atomic E-state index is -1.04. The minimum Gasteiger partial charge on any atom is -0.490 e. The Kier molecular flexibility index (Phi) is 6.69. The molecule has 4 rings (SSSR count). The summed E-state index contributed by atoms with van der Waals surface area (Å²) in [5.41, 5.74) is 9.74. The number of carboxylic acid groups (broad SMARTS) is 1. The predicted octanol–water partition coefficient (Wildman–Crippen LogP) is 3.15. The van der Waals surface area contributed by atoms with Crippen LogP contribution in [0.25, 0.3) is 22.5 Å². The van der Waals surface area contributed by atoms with Crippen LogP contribution in [0.2, 0.25) is 0 Å². The van der Waals surface area contributed by atoms with Crippen LogP contribution in [0.15, 0.2) is 47.3 Å². The van der Waals surface area contributed by atoms with Gasteiger partial charge in [0.05, 0.1) is 11.7 Å². The number of rotatable bonds is 8. The van der Waals surface area contributed by atoms with Crippen molar-refractivity contribution in [2.45, 2.75) is 44.8 Å². The van der Waals surface area contributed by atoms with E-state index in [2.05, 4.69) is 15.4 Å². The van der Waals surface area contributed by atoms with Crippen LogP contribution in [0.1, 0.15) is 32.6 Å². The number of hydrogen-bond acceptors (Lipinski definition) is 8. The van der Waals surface area contributed by atoms with Crippen molar-refractivity contribution in [3.05, 3.63) is 52.8 Å². The minimum absolute atomic E-state index is 0.0627. The average Bonchev–Trinajstić information content (AvgIpc) is 3.34. The Bertz CT molecular complexity index is 1250. The lowest BCUT2D eigenvalue weighted by molar-refractivity contribution is -0.144. The molecule has 1 heterocycles. The van der Waals surface area contributed by atoms with Gasteiger partial charge in [0.15, 0.2) is 11.9 Å². The third kappa shape index (κ3) is 4.96. The maximum Gasteiger partial charge on any atom is 0.344 e. The lowest BCUT2D eigenvalue weighted by atomic mass is 10.0. The number of nitrogens with zero attached hydrogens (tertiary/aromatic N) is 1. The largest absolute Gasteiger partial charge is 0.490 e. The van der Waals surface area contributed by atoms with Crippen molar-refractivity contribution in [1.82, 2.24) is 9.97 Å². The predicted molar refractivity (Wildman–Crippen MR) is 129 cm³/mol. The number of nitrogen functional groups attached to an aromatic ring is 2. The molecule has 10 heteroatoms.